The summed E-state index contributed by atoms with van der Waals surface area (Å²) in [5.74, 6) is -1.31. The van der Waals surface area contributed by atoms with Gasteiger partial charge in [-0.1, -0.05) is 0 Å². The van der Waals surface area contributed by atoms with E-state index in [0.717, 1.165) is 12.1 Å². The van der Waals surface area contributed by atoms with Crippen LogP contribution in [0.2, 0.25) is 0 Å². The molecule has 0 amide bonds. The Balaban J connectivity index is 2.52. The van der Waals surface area contributed by atoms with Crippen molar-refractivity contribution in [1.29, 1.82) is 0 Å². The number of H-pyrrole nitrogens is 1. The van der Waals surface area contributed by atoms with E-state index in [-0.39, 0.29) is 0 Å². The van der Waals surface area contributed by atoms with Gasteiger partial charge in [-0.15, -0.1) is 0 Å². The summed E-state index contributed by atoms with van der Waals surface area (Å²) in [7, 11) is 0. The van der Waals surface area contributed by atoms with Crippen molar-refractivity contribution in [3.05, 3.63) is 33.8 Å². The Labute approximate surface area is 87.4 Å². The monoisotopic (exact) mass is 230 g/mol. The number of aromatic amines is 1. The van der Waals surface area contributed by atoms with Crippen molar-refractivity contribution in [2.45, 2.75) is 0 Å². The van der Waals surface area contributed by atoms with Gasteiger partial charge in [-0.2, -0.15) is 0 Å². The highest BCUT2D eigenvalue weighted by molar-refractivity contribution is 7.73. The molecular formula is C8H4F2N2S2. The standard InChI is InChI=1S/C8H4F2N2S2/c9-5-2-1-4(3-6(5)10)7-11-8(13)14-12-7/h1-3H,(H,11,12,13). The number of rotatable bonds is 1. The Morgan fingerprint density at radius 2 is 2.07 bits per heavy atom. The summed E-state index contributed by atoms with van der Waals surface area (Å²) in [6.45, 7) is 0. The molecule has 2 nitrogen and oxygen atoms in total. The van der Waals surface area contributed by atoms with E-state index >= 15 is 0 Å². The van der Waals surface area contributed by atoms with E-state index in [1.807, 2.05) is 0 Å². The lowest BCUT2D eigenvalue weighted by atomic mass is 10.2. The summed E-state index contributed by atoms with van der Waals surface area (Å²) in [5, 5.41) is 0. The highest BCUT2D eigenvalue weighted by Gasteiger charge is 2.06. The lowest BCUT2D eigenvalue weighted by molar-refractivity contribution is 0.509. The summed E-state index contributed by atoms with van der Waals surface area (Å²) >= 11 is 5.97. The quantitative estimate of drug-likeness (QED) is 0.762. The average Bonchev–Trinajstić information content (AvgIpc) is 2.57. The van der Waals surface area contributed by atoms with Gasteiger partial charge in [0.1, 0.15) is 5.82 Å². The number of nitrogens with one attached hydrogen (secondary N) is 1. The van der Waals surface area contributed by atoms with Crippen LogP contribution in [-0.2, 0) is 0 Å². The van der Waals surface area contributed by atoms with E-state index in [1.165, 1.54) is 17.6 Å². The van der Waals surface area contributed by atoms with E-state index in [0.29, 0.717) is 15.3 Å². The van der Waals surface area contributed by atoms with Gasteiger partial charge in [0.15, 0.2) is 15.6 Å². The van der Waals surface area contributed by atoms with Crippen molar-refractivity contribution in [2.75, 3.05) is 0 Å². The highest BCUT2D eigenvalue weighted by atomic mass is 32.2. The van der Waals surface area contributed by atoms with Gasteiger partial charge in [0.25, 0.3) is 0 Å². The van der Waals surface area contributed by atoms with Gasteiger partial charge in [0.2, 0.25) is 0 Å². The van der Waals surface area contributed by atoms with E-state index in [1.54, 1.807) is 0 Å². The molecule has 0 saturated heterocycles. The Morgan fingerprint density at radius 1 is 1.29 bits per heavy atom. The molecular weight excluding hydrogens is 226 g/mol. The fourth-order valence-electron chi connectivity index (χ4n) is 0.996. The maximum atomic E-state index is 12.8. The summed E-state index contributed by atoms with van der Waals surface area (Å²) in [6, 6.07) is 3.58. The molecule has 0 unspecified atom stereocenters. The SMILES string of the molecule is Fc1ccc(-c2nc(=S)s[nH]2)cc1F. The van der Waals surface area contributed by atoms with Crippen LogP contribution in [0.5, 0.6) is 0 Å². The average molecular weight is 230 g/mol. The third-order valence-electron chi connectivity index (χ3n) is 1.63. The highest BCUT2D eigenvalue weighted by Crippen LogP contribution is 2.18. The molecule has 1 aromatic heterocycles. The first kappa shape index (κ1) is 9.42. The molecule has 1 heterocycles. The Kier molecular flexibility index (Phi) is 2.39. The van der Waals surface area contributed by atoms with Crippen molar-refractivity contribution in [1.82, 2.24) is 9.36 Å². The summed E-state index contributed by atoms with van der Waals surface area (Å²) in [4.78, 5) is 3.94. The molecule has 0 saturated carbocycles. The zero-order valence-electron chi connectivity index (χ0n) is 6.75. The van der Waals surface area contributed by atoms with Crippen LogP contribution in [0.15, 0.2) is 18.2 Å². The van der Waals surface area contributed by atoms with Gasteiger partial charge in [-0.25, -0.2) is 13.8 Å². The molecule has 0 bridgehead atoms. The molecule has 0 fully saturated rings. The first-order valence-electron chi connectivity index (χ1n) is 3.68. The van der Waals surface area contributed by atoms with Crippen molar-refractivity contribution in [2.24, 2.45) is 0 Å². The fraction of sp³-hybridized carbons (Fsp3) is 0. The molecule has 0 aliphatic carbocycles. The third kappa shape index (κ3) is 1.71. The van der Waals surface area contributed by atoms with E-state index in [4.69, 9.17) is 12.2 Å². The van der Waals surface area contributed by atoms with Crippen LogP contribution in [0.25, 0.3) is 11.4 Å². The molecule has 0 radical (unpaired) electrons. The predicted molar refractivity (Wildman–Crippen MR) is 52.7 cm³/mol. The largest absolute Gasteiger partial charge is 0.293 e. The first-order chi connectivity index (χ1) is 6.66. The van der Waals surface area contributed by atoms with Crippen molar-refractivity contribution >= 4 is 23.8 Å². The Bertz CT molecular complexity index is 518. The lowest BCUT2D eigenvalue weighted by Crippen LogP contribution is -1.86. The molecule has 0 spiro atoms. The number of halogens is 2. The van der Waals surface area contributed by atoms with E-state index < -0.39 is 11.6 Å². The number of benzene rings is 1. The first-order valence-corrected chi connectivity index (χ1v) is 4.90. The molecule has 2 rings (SSSR count). The maximum Gasteiger partial charge on any atom is 0.198 e. The van der Waals surface area contributed by atoms with Crippen molar-refractivity contribution < 1.29 is 8.78 Å². The predicted octanol–water partition coefficient (Wildman–Crippen LogP) is 3.15. The second-order valence-electron chi connectivity index (χ2n) is 2.56. The number of aromatic nitrogens is 2. The van der Waals surface area contributed by atoms with Crippen LogP contribution >= 0.6 is 23.8 Å². The van der Waals surface area contributed by atoms with Crippen molar-refractivity contribution in [3.63, 3.8) is 0 Å². The molecule has 6 heteroatoms. The van der Waals surface area contributed by atoms with Crippen LogP contribution in [0, 0.1) is 15.6 Å². The summed E-state index contributed by atoms with van der Waals surface area (Å²) in [5.41, 5.74) is 0.483. The molecule has 0 aliphatic heterocycles. The minimum Gasteiger partial charge on any atom is -0.293 e. The molecule has 14 heavy (non-hydrogen) atoms. The second kappa shape index (κ2) is 3.55. The van der Waals surface area contributed by atoms with Gasteiger partial charge in [-0.05, 0) is 41.9 Å². The van der Waals surface area contributed by atoms with Gasteiger partial charge < -0.3 is 0 Å². The zero-order chi connectivity index (χ0) is 10.1. The lowest BCUT2D eigenvalue weighted by Gasteiger charge is -1.96. The van der Waals surface area contributed by atoms with E-state index in [9.17, 15) is 8.78 Å². The third-order valence-corrected chi connectivity index (χ3v) is 2.53. The molecule has 1 N–H and O–H groups in total. The smallest absolute Gasteiger partial charge is 0.198 e. The van der Waals surface area contributed by atoms with Gasteiger partial charge in [0.05, 0.1) is 0 Å². The number of hydrogen-bond acceptors (Lipinski definition) is 3. The van der Waals surface area contributed by atoms with Gasteiger partial charge in [-0.3, -0.25) is 4.37 Å². The summed E-state index contributed by atoms with van der Waals surface area (Å²) in [6.07, 6.45) is 0. The molecule has 72 valence electrons. The minimum atomic E-state index is -0.894. The normalized spacial score (nSPS) is 10.4. The van der Waals surface area contributed by atoms with Gasteiger partial charge >= 0.3 is 0 Å². The Hall–Kier alpha value is -1.14. The molecule has 0 aliphatic rings. The topological polar surface area (TPSA) is 28.7 Å². The number of nitrogens with zero attached hydrogens (tertiary/aromatic N) is 1. The minimum absolute atomic E-state index is 0.435. The van der Waals surface area contributed by atoms with E-state index in [2.05, 4.69) is 9.36 Å². The second-order valence-corrected chi connectivity index (χ2v) is 4.00. The van der Waals surface area contributed by atoms with Crippen LogP contribution < -0.4 is 0 Å². The molecule has 2 aromatic rings. The number of hydrogen-bond donors (Lipinski definition) is 1. The van der Waals surface area contributed by atoms with Crippen LogP contribution in [0.3, 0.4) is 0 Å². The Morgan fingerprint density at radius 3 is 2.64 bits per heavy atom. The zero-order valence-corrected chi connectivity index (χ0v) is 8.38. The maximum absolute atomic E-state index is 12.8. The van der Waals surface area contributed by atoms with Crippen LogP contribution in [0.1, 0.15) is 0 Å². The molecule has 0 atom stereocenters. The van der Waals surface area contributed by atoms with Crippen LogP contribution in [-0.4, -0.2) is 9.36 Å². The van der Waals surface area contributed by atoms with Crippen molar-refractivity contribution in [3.8, 4) is 11.4 Å². The van der Waals surface area contributed by atoms with Gasteiger partial charge in [0, 0.05) is 5.56 Å². The summed E-state index contributed by atoms with van der Waals surface area (Å²) < 4.78 is 28.7. The fourth-order valence-corrected chi connectivity index (χ4v) is 1.70. The van der Waals surface area contributed by atoms with Crippen LogP contribution in [0.4, 0.5) is 8.78 Å². The molecule has 1 aromatic carbocycles.